The average molecular weight is 479 g/mol. The fourth-order valence-electron chi connectivity index (χ4n) is 3.17. The van der Waals surface area contributed by atoms with Crippen molar-refractivity contribution >= 4 is 40.5 Å². The summed E-state index contributed by atoms with van der Waals surface area (Å²) in [6.45, 7) is 1.66. The number of hydrogen-bond donors (Lipinski definition) is 3. The summed E-state index contributed by atoms with van der Waals surface area (Å²) in [5.74, 6) is -0.934. The molecular formula is C21H16Cl2N2O7. The number of amides is 1. The van der Waals surface area contributed by atoms with Gasteiger partial charge in [-0.25, -0.2) is 0 Å². The maximum absolute atomic E-state index is 12.7. The molecule has 0 atom stereocenters. The summed E-state index contributed by atoms with van der Waals surface area (Å²) in [7, 11) is 0. The van der Waals surface area contributed by atoms with Gasteiger partial charge in [0.15, 0.2) is 11.5 Å². The molecule has 11 heteroatoms. The SMILES string of the molecule is O=C(c1cc(Oc2c(Cl)cc(Nc3c(O)c(=O)c3=O)cc2Cl)ccc1O)N1CCOCC1. The first-order valence-electron chi connectivity index (χ1n) is 9.42. The van der Waals surface area contributed by atoms with Gasteiger partial charge >= 0.3 is 0 Å². The van der Waals surface area contributed by atoms with E-state index in [1.807, 2.05) is 0 Å². The Balaban J connectivity index is 1.57. The predicted molar refractivity (Wildman–Crippen MR) is 118 cm³/mol. The average Bonchev–Trinajstić information content (AvgIpc) is 2.80. The Morgan fingerprint density at radius 3 is 2.31 bits per heavy atom. The largest absolute Gasteiger partial charge is 0.507 e. The summed E-state index contributed by atoms with van der Waals surface area (Å²) in [6, 6.07) is 6.94. The van der Waals surface area contributed by atoms with Crippen LogP contribution in [0.5, 0.6) is 23.0 Å². The number of ether oxygens (including phenoxy) is 2. The molecule has 3 aromatic carbocycles. The number of benzene rings is 2. The molecule has 166 valence electrons. The van der Waals surface area contributed by atoms with Gasteiger partial charge in [0, 0.05) is 18.8 Å². The fraction of sp³-hybridized carbons (Fsp3) is 0.190. The molecule has 0 radical (unpaired) electrons. The van der Waals surface area contributed by atoms with E-state index < -0.39 is 16.6 Å². The second-order valence-electron chi connectivity index (χ2n) is 6.96. The zero-order valence-electron chi connectivity index (χ0n) is 16.4. The van der Waals surface area contributed by atoms with Crippen molar-refractivity contribution in [1.29, 1.82) is 0 Å². The van der Waals surface area contributed by atoms with Gasteiger partial charge in [-0.3, -0.25) is 14.4 Å². The highest BCUT2D eigenvalue weighted by atomic mass is 35.5. The fourth-order valence-corrected chi connectivity index (χ4v) is 3.74. The molecule has 0 saturated carbocycles. The van der Waals surface area contributed by atoms with E-state index in [0.717, 1.165) is 0 Å². The molecule has 0 aliphatic carbocycles. The van der Waals surface area contributed by atoms with E-state index in [4.69, 9.17) is 32.7 Å². The quantitative estimate of drug-likeness (QED) is 0.477. The third-order valence-corrected chi connectivity index (χ3v) is 5.43. The van der Waals surface area contributed by atoms with Crippen LogP contribution in [0.2, 0.25) is 10.0 Å². The molecule has 0 aromatic heterocycles. The van der Waals surface area contributed by atoms with Crippen molar-refractivity contribution < 1.29 is 24.5 Å². The molecule has 3 aromatic rings. The Labute approximate surface area is 191 Å². The summed E-state index contributed by atoms with van der Waals surface area (Å²) < 4.78 is 11.0. The molecule has 32 heavy (non-hydrogen) atoms. The number of anilines is 2. The van der Waals surface area contributed by atoms with Crippen LogP contribution in [0.1, 0.15) is 10.4 Å². The number of morpholine rings is 1. The number of nitrogens with one attached hydrogen (secondary N) is 1. The van der Waals surface area contributed by atoms with E-state index in [2.05, 4.69) is 5.32 Å². The Morgan fingerprint density at radius 1 is 1.03 bits per heavy atom. The highest BCUT2D eigenvalue weighted by Crippen LogP contribution is 2.40. The van der Waals surface area contributed by atoms with Gasteiger partial charge in [0.2, 0.25) is 0 Å². The van der Waals surface area contributed by atoms with Gasteiger partial charge in [-0.05, 0) is 30.3 Å². The Bertz CT molecular complexity index is 1260. The lowest BCUT2D eigenvalue weighted by Gasteiger charge is -2.27. The van der Waals surface area contributed by atoms with Crippen molar-refractivity contribution in [3.05, 3.63) is 66.4 Å². The molecule has 0 spiro atoms. The number of phenols is 1. The lowest BCUT2D eigenvalue weighted by molar-refractivity contribution is 0.0301. The van der Waals surface area contributed by atoms with Gasteiger partial charge in [0.25, 0.3) is 16.8 Å². The first-order chi connectivity index (χ1) is 15.3. The van der Waals surface area contributed by atoms with E-state index in [0.29, 0.717) is 26.3 Å². The first-order valence-corrected chi connectivity index (χ1v) is 10.2. The molecule has 1 aliphatic rings. The van der Waals surface area contributed by atoms with Crippen LogP contribution in [0.25, 0.3) is 0 Å². The number of aromatic hydroxyl groups is 2. The molecule has 1 amide bonds. The van der Waals surface area contributed by atoms with E-state index in [-0.39, 0.29) is 50.1 Å². The minimum absolute atomic E-state index is 0.0607. The molecule has 1 fully saturated rings. The Kier molecular flexibility index (Phi) is 5.96. The van der Waals surface area contributed by atoms with Gasteiger partial charge < -0.3 is 29.9 Å². The summed E-state index contributed by atoms with van der Waals surface area (Å²) in [5, 5.41) is 22.3. The molecule has 0 unspecified atom stereocenters. The zero-order valence-corrected chi connectivity index (χ0v) is 17.9. The highest BCUT2D eigenvalue weighted by Gasteiger charge is 2.23. The van der Waals surface area contributed by atoms with Gasteiger partial charge in [0.05, 0.1) is 28.8 Å². The smallest absolute Gasteiger partial charge is 0.271 e. The summed E-state index contributed by atoms with van der Waals surface area (Å²) in [5.41, 5.74) is -1.76. The van der Waals surface area contributed by atoms with Crippen LogP contribution in [-0.4, -0.2) is 47.3 Å². The Hall–Kier alpha value is -3.27. The number of rotatable bonds is 5. The van der Waals surface area contributed by atoms with Crippen molar-refractivity contribution in [2.24, 2.45) is 0 Å². The minimum Gasteiger partial charge on any atom is -0.507 e. The predicted octanol–water partition coefficient (Wildman–Crippen LogP) is 3.01. The molecule has 3 N–H and O–H groups in total. The molecule has 9 nitrogen and oxygen atoms in total. The molecular weight excluding hydrogens is 463 g/mol. The van der Waals surface area contributed by atoms with Crippen LogP contribution < -0.4 is 20.9 Å². The van der Waals surface area contributed by atoms with Crippen LogP contribution in [-0.2, 0) is 4.74 Å². The lowest BCUT2D eigenvalue weighted by atomic mass is 10.1. The second-order valence-corrected chi connectivity index (χ2v) is 7.78. The van der Waals surface area contributed by atoms with E-state index >= 15 is 0 Å². The molecule has 1 heterocycles. The zero-order chi connectivity index (χ0) is 23.0. The number of nitrogens with zero attached hydrogens (tertiary/aromatic N) is 1. The van der Waals surface area contributed by atoms with E-state index in [1.165, 1.54) is 30.3 Å². The third kappa shape index (κ3) is 4.10. The normalized spacial score (nSPS) is 13.9. The number of carbonyl (C=O) groups is 1. The van der Waals surface area contributed by atoms with Crippen molar-refractivity contribution in [2.45, 2.75) is 0 Å². The maximum Gasteiger partial charge on any atom is 0.271 e. The number of phenolic OH excluding ortho intramolecular Hbond substituents is 1. The van der Waals surface area contributed by atoms with Gasteiger partial charge in [-0.15, -0.1) is 0 Å². The van der Waals surface area contributed by atoms with Gasteiger partial charge in [-0.1, -0.05) is 23.2 Å². The summed E-state index contributed by atoms with van der Waals surface area (Å²) >= 11 is 12.5. The second kappa shape index (κ2) is 8.70. The summed E-state index contributed by atoms with van der Waals surface area (Å²) in [4.78, 5) is 36.9. The van der Waals surface area contributed by atoms with Crippen molar-refractivity contribution in [2.75, 3.05) is 31.6 Å². The van der Waals surface area contributed by atoms with Crippen LogP contribution in [0.15, 0.2) is 39.9 Å². The van der Waals surface area contributed by atoms with E-state index in [9.17, 15) is 24.6 Å². The monoisotopic (exact) mass is 478 g/mol. The van der Waals surface area contributed by atoms with E-state index in [1.54, 1.807) is 4.90 Å². The maximum atomic E-state index is 12.7. The number of hydrogen-bond acceptors (Lipinski definition) is 8. The first kappa shape index (κ1) is 21.9. The van der Waals surface area contributed by atoms with Gasteiger partial charge in [-0.2, -0.15) is 0 Å². The van der Waals surface area contributed by atoms with Crippen LogP contribution in [0.3, 0.4) is 0 Å². The number of halogens is 2. The van der Waals surface area contributed by atoms with Crippen LogP contribution in [0, 0.1) is 0 Å². The standard InChI is InChI=1S/C21H16Cl2N2O7/c22-13-7-10(24-16-17(27)19(29)18(16)28)8-14(23)20(13)32-11-1-2-15(26)12(9-11)21(30)25-3-5-31-6-4-25/h1-2,7-9,24,26-27H,3-6H2. The van der Waals surface area contributed by atoms with Crippen molar-refractivity contribution in [3.63, 3.8) is 0 Å². The molecule has 4 rings (SSSR count). The van der Waals surface area contributed by atoms with Crippen LogP contribution in [0.4, 0.5) is 11.4 Å². The minimum atomic E-state index is -0.973. The highest BCUT2D eigenvalue weighted by molar-refractivity contribution is 6.37. The van der Waals surface area contributed by atoms with Gasteiger partial charge in [0.1, 0.15) is 17.2 Å². The molecule has 1 saturated heterocycles. The third-order valence-electron chi connectivity index (χ3n) is 4.87. The van der Waals surface area contributed by atoms with Crippen molar-refractivity contribution in [1.82, 2.24) is 4.90 Å². The van der Waals surface area contributed by atoms with Crippen molar-refractivity contribution in [3.8, 4) is 23.0 Å². The molecule has 0 bridgehead atoms. The summed E-state index contributed by atoms with van der Waals surface area (Å²) in [6.07, 6.45) is 0. The van der Waals surface area contributed by atoms with Crippen LogP contribution >= 0.6 is 23.2 Å². The Morgan fingerprint density at radius 2 is 1.69 bits per heavy atom. The number of carbonyl (C=O) groups excluding carboxylic acids is 1. The lowest BCUT2D eigenvalue weighted by Crippen LogP contribution is -2.40. The molecule has 1 aliphatic heterocycles. The topological polar surface area (TPSA) is 125 Å².